The van der Waals surface area contributed by atoms with E-state index in [0.29, 0.717) is 50.1 Å². The maximum atomic E-state index is 8.75. The van der Waals surface area contributed by atoms with Crippen LogP contribution >= 0.6 is 0 Å². The van der Waals surface area contributed by atoms with Crippen LogP contribution in [0.25, 0.3) is 0 Å². The van der Waals surface area contributed by atoms with Crippen molar-refractivity contribution in [3.05, 3.63) is 0 Å². The van der Waals surface area contributed by atoms with Crippen LogP contribution in [0, 0.1) is 23.7 Å². The second-order valence-electron chi connectivity index (χ2n) is 10.4. The molecule has 37 heavy (non-hydrogen) atoms. The first-order valence-electron chi connectivity index (χ1n) is 15.8. The molecule has 4 atom stereocenters. The summed E-state index contributed by atoms with van der Waals surface area (Å²) < 4.78 is 0. The van der Waals surface area contributed by atoms with Crippen molar-refractivity contribution in [1.82, 2.24) is 0 Å². The van der Waals surface area contributed by atoms with Crippen LogP contribution in [0.5, 0.6) is 0 Å². The summed E-state index contributed by atoms with van der Waals surface area (Å²) in [6.07, 6.45) is 19.3. The van der Waals surface area contributed by atoms with Crippen LogP contribution in [0.4, 0.5) is 0 Å². The van der Waals surface area contributed by atoms with Crippen molar-refractivity contribution in [3.63, 3.8) is 0 Å². The minimum Gasteiger partial charge on any atom is -0.396 e. The third kappa shape index (κ3) is 41.3. The molecule has 0 aromatic heterocycles. The smallest absolute Gasteiger partial charge is 0.0459 e. The Balaban J connectivity index is -0.000000122. The van der Waals surface area contributed by atoms with Gasteiger partial charge in [-0.05, 0) is 49.4 Å². The molecule has 0 aliphatic carbocycles. The summed E-state index contributed by atoms with van der Waals surface area (Å²) in [5.74, 6) is 2.24. The second-order valence-corrected chi connectivity index (χ2v) is 10.4. The van der Waals surface area contributed by atoms with Gasteiger partial charge < -0.3 is 20.4 Å². The average molecular weight is 699 g/mol. The Morgan fingerprint density at radius 3 is 0.595 bits per heavy atom. The minimum absolute atomic E-state index is 0. The van der Waals surface area contributed by atoms with Crippen molar-refractivity contribution in [2.45, 2.75) is 158 Å². The molecule has 0 saturated carbocycles. The van der Waals surface area contributed by atoms with Crippen molar-refractivity contribution in [1.29, 1.82) is 0 Å². The van der Waals surface area contributed by atoms with Crippen LogP contribution in [0.1, 0.15) is 158 Å². The number of unbranched alkanes of at least 4 members (excludes halogenated alkanes) is 4. The van der Waals surface area contributed by atoms with Crippen molar-refractivity contribution in [3.8, 4) is 0 Å². The molecule has 0 fully saturated rings. The molecule has 0 heterocycles. The molecule has 0 aromatic rings. The fourth-order valence-electron chi connectivity index (χ4n) is 3.67. The third-order valence-electron chi connectivity index (χ3n) is 7.21. The third-order valence-corrected chi connectivity index (χ3v) is 7.21. The first-order chi connectivity index (χ1) is 17.4. The molecule has 0 amide bonds. The number of hydrogen-bond donors (Lipinski definition) is 4. The van der Waals surface area contributed by atoms with Gasteiger partial charge in [-0.25, -0.2) is 0 Å². The van der Waals surface area contributed by atoms with E-state index in [4.69, 9.17) is 20.4 Å². The van der Waals surface area contributed by atoms with Crippen LogP contribution in [0.2, 0.25) is 0 Å². The van der Waals surface area contributed by atoms with Gasteiger partial charge in [-0.1, -0.05) is 132 Å². The predicted octanol–water partition coefficient (Wildman–Crippen LogP) is 8.78. The van der Waals surface area contributed by atoms with E-state index in [0.717, 1.165) is 25.7 Å². The molecule has 0 spiro atoms. The molecular weight excluding hydrogens is 627 g/mol. The molecule has 228 valence electrons. The number of hydrogen-bond acceptors (Lipinski definition) is 4. The Kier molecular flexibility index (Phi) is 56.2. The maximum Gasteiger partial charge on any atom is 0.0459 e. The Morgan fingerprint density at radius 1 is 0.351 bits per heavy atom. The van der Waals surface area contributed by atoms with Gasteiger partial charge in [0.25, 0.3) is 0 Å². The summed E-state index contributed by atoms with van der Waals surface area (Å²) in [5.41, 5.74) is 0. The Labute approximate surface area is 253 Å². The summed E-state index contributed by atoms with van der Waals surface area (Å²) in [6, 6.07) is 0. The summed E-state index contributed by atoms with van der Waals surface area (Å²) >= 11 is 0. The van der Waals surface area contributed by atoms with Gasteiger partial charge in [0.2, 0.25) is 0 Å². The molecular formula is C32H72HfO4. The zero-order valence-corrected chi connectivity index (χ0v) is 30.3. The van der Waals surface area contributed by atoms with Crippen LogP contribution in [0.15, 0.2) is 0 Å². The van der Waals surface area contributed by atoms with E-state index in [9.17, 15) is 0 Å². The molecule has 4 unspecified atom stereocenters. The predicted molar refractivity (Wildman–Crippen MR) is 162 cm³/mol. The average Bonchev–Trinajstić information content (AvgIpc) is 2.92. The molecule has 4 N–H and O–H groups in total. The quantitative estimate of drug-likeness (QED) is 0.0959. The fraction of sp³-hybridized carbons (Fsp3) is 1.00. The summed E-state index contributed by atoms with van der Waals surface area (Å²) in [4.78, 5) is 0. The topological polar surface area (TPSA) is 80.9 Å². The van der Waals surface area contributed by atoms with E-state index in [1.54, 1.807) is 0 Å². The van der Waals surface area contributed by atoms with Crippen LogP contribution in [0.3, 0.4) is 0 Å². The van der Waals surface area contributed by atoms with E-state index < -0.39 is 0 Å². The van der Waals surface area contributed by atoms with Gasteiger partial charge in [0.1, 0.15) is 0 Å². The zero-order chi connectivity index (χ0) is 28.5. The van der Waals surface area contributed by atoms with Gasteiger partial charge in [-0.15, -0.1) is 0 Å². The fourth-order valence-corrected chi connectivity index (χ4v) is 3.67. The zero-order valence-electron chi connectivity index (χ0n) is 26.7. The van der Waals surface area contributed by atoms with Crippen molar-refractivity contribution < 1.29 is 46.3 Å². The Bertz CT molecular complexity index is 265. The van der Waals surface area contributed by atoms with Crippen molar-refractivity contribution >= 4 is 0 Å². The second kappa shape index (κ2) is 43.8. The normalized spacial score (nSPS) is 13.3. The molecule has 0 aliphatic rings. The molecule has 0 saturated heterocycles. The van der Waals surface area contributed by atoms with Crippen molar-refractivity contribution in [2.75, 3.05) is 26.4 Å². The Morgan fingerprint density at radius 2 is 0.514 bits per heavy atom. The van der Waals surface area contributed by atoms with Gasteiger partial charge in [-0.2, -0.15) is 0 Å². The monoisotopic (exact) mass is 700 g/mol. The number of aliphatic hydroxyl groups excluding tert-OH is 4. The number of rotatable bonds is 20. The molecule has 0 radical (unpaired) electrons. The van der Waals surface area contributed by atoms with Crippen LogP contribution in [-0.4, -0.2) is 46.9 Å². The first-order valence-corrected chi connectivity index (χ1v) is 15.8. The van der Waals surface area contributed by atoms with E-state index >= 15 is 0 Å². The molecule has 0 aliphatic heterocycles. The van der Waals surface area contributed by atoms with Gasteiger partial charge in [0, 0.05) is 52.3 Å². The van der Waals surface area contributed by atoms with E-state index in [2.05, 4.69) is 55.4 Å². The van der Waals surface area contributed by atoms with E-state index in [1.165, 1.54) is 77.0 Å². The van der Waals surface area contributed by atoms with Gasteiger partial charge >= 0.3 is 0 Å². The Hall–Kier alpha value is 0.710. The SMILES string of the molecule is CCCCC(CC)CO.CCCCC(CC)CO.CCCCC(CC)CO.CCCCC(CC)CO.[Hf]. The largest absolute Gasteiger partial charge is 0.396 e. The molecule has 0 aromatic carbocycles. The molecule has 0 bridgehead atoms. The number of aliphatic hydroxyl groups is 4. The van der Waals surface area contributed by atoms with E-state index in [-0.39, 0.29) is 25.8 Å². The van der Waals surface area contributed by atoms with Crippen LogP contribution < -0.4 is 0 Å². The standard InChI is InChI=1S/4C8H18O.Hf/c4*1-3-5-6-8(4-2)7-9;/h4*8-9H,3-7H2,1-2H3;. The van der Waals surface area contributed by atoms with Crippen LogP contribution in [-0.2, 0) is 25.8 Å². The van der Waals surface area contributed by atoms with Crippen molar-refractivity contribution in [2.24, 2.45) is 23.7 Å². The minimum atomic E-state index is 0. The van der Waals surface area contributed by atoms with Gasteiger partial charge in [0.15, 0.2) is 0 Å². The molecule has 4 nitrogen and oxygen atoms in total. The van der Waals surface area contributed by atoms with Gasteiger partial charge in [0.05, 0.1) is 0 Å². The molecule has 0 rings (SSSR count). The summed E-state index contributed by atoms with van der Waals surface area (Å²) in [7, 11) is 0. The summed E-state index contributed by atoms with van der Waals surface area (Å²) in [6.45, 7) is 18.8. The first kappa shape index (κ1) is 47.5. The van der Waals surface area contributed by atoms with E-state index in [1.807, 2.05) is 0 Å². The molecule has 5 heteroatoms. The maximum absolute atomic E-state index is 8.75. The van der Waals surface area contributed by atoms with Gasteiger partial charge in [-0.3, -0.25) is 0 Å². The summed E-state index contributed by atoms with van der Waals surface area (Å²) in [5, 5.41) is 35.0.